The van der Waals surface area contributed by atoms with Crippen molar-refractivity contribution in [3.63, 3.8) is 0 Å². The van der Waals surface area contributed by atoms with Gasteiger partial charge in [0.25, 0.3) is 0 Å². The summed E-state index contributed by atoms with van der Waals surface area (Å²) in [7, 11) is -1.52. The van der Waals surface area contributed by atoms with Gasteiger partial charge in [-0.15, -0.1) is 0 Å². The van der Waals surface area contributed by atoms with Crippen LogP contribution in [-0.4, -0.2) is 41.3 Å². The Morgan fingerprint density at radius 2 is 1.85 bits per heavy atom. The van der Waals surface area contributed by atoms with Crippen molar-refractivity contribution in [2.75, 3.05) is 13.1 Å². The Morgan fingerprint density at radius 3 is 2.40 bits per heavy atom. The highest BCUT2D eigenvalue weighted by Crippen LogP contribution is 2.33. The maximum atomic E-state index is 12.7. The van der Waals surface area contributed by atoms with E-state index in [0.29, 0.717) is 25.0 Å². The zero-order valence-electron chi connectivity index (χ0n) is 11.0. The van der Waals surface area contributed by atoms with E-state index in [1.54, 1.807) is 29.2 Å². The SMILES string of the molecule is OB(O)c1ccc(CN2CCCC(C(F)(F)F)C2)cc1. The van der Waals surface area contributed by atoms with Crippen molar-refractivity contribution in [1.82, 2.24) is 4.90 Å². The van der Waals surface area contributed by atoms with E-state index >= 15 is 0 Å². The summed E-state index contributed by atoms with van der Waals surface area (Å²) in [6.07, 6.45) is -3.36. The fourth-order valence-electron chi connectivity index (χ4n) is 2.52. The molecule has 1 aliphatic heterocycles. The molecule has 1 saturated heterocycles. The maximum Gasteiger partial charge on any atom is 0.488 e. The number of alkyl halides is 3. The normalized spacial score (nSPS) is 20.9. The van der Waals surface area contributed by atoms with Crippen LogP contribution in [0.25, 0.3) is 0 Å². The summed E-state index contributed by atoms with van der Waals surface area (Å²) in [5, 5.41) is 18.0. The van der Waals surface area contributed by atoms with Gasteiger partial charge in [-0.25, -0.2) is 0 Å². The second-order valence-corrected chi connectivity index (χ2v) is 5.23. The van der Waals surface area contributed by atoms with Gasteiger partial charge in [0.1, 0.15) is 0 Å². The van der Waals surface area contributed by atoms with E-state index in [-0.39, 0.29) is 13.0 Å². The van der Waals surface area contributed by atoms with E-state index in [2.05, 4.69) is 0 Å². The quantitative estimate of drug-likeness (QED) is 0.819. The molecule has 0 aliphatic carbocycles. The molecule has 0 spiro atoms. The lowest BCUT2D eigenvalue weighted by molar-refractivity contribution is -0.187. The number of hydrogen-bond acceptors (Lipinski definition) is 3. The highest BCUT2D eigenvalue weighted by Gasteiger charge is 2.41. The van der Waals surface area contributed by atoms with E-state index in [1.807, 2.05) is 0 Å². The van der Waals surface area contributed by atoms with Crippen molar-refractivity contribution < 1.29 is 23.2 Å². The van der Waals surface area contributed by atoms with Gasteiger partial charge in [-0.1, -0.05) is 24.3 Å². The summed E-state index contributed by atoms with van der Waals surface area (Å²) >= 11 is 0. The first kappa shape index (κ1) is 15.3. The second-order valence-electron chi connectivity index (χ2n) is 5.23. The van der Waals surface area contributed by atoms with Crippen molar-refractivity contribution in [2.24, 2.45) is 5.92 Å². The molecule has 0 amide bonds. The minimum atomic E-state index is -4.12. The topological polar surface area (TPSA) is 43.7 Å². The molecule has 1 aliphatic rings. The number of benzene rings is 1. The van der Waals surface area contributed by atoms with Crippen molar-refractivity contribution >= 4 is 12.6 Å². The van der Waals surface area contributed by atoms with E-state index in [4.69, 9.17) is 10.0 Å². The molecule has 1 aromatic rings. The zero-order chi connectivity index (χ0) is 14.8. The smallest absolute Gasteiger partial charge is 0.423 e. The molecule has 1 fully saturated rings. The molecule has 0 radical (unpaired) electrons. The Bertz CT molecular complexity index is 436. The second kappa shape index (κ2) is 6.16. The van der Waals surface area contributed by atoms with E-state index in [0.717, 1.165) is 5.56 Å². The van der Waals surface area contributed by atoms with Gasteiger partial charge in [0, 0.05) is 13.1 Å². The monoisotopic (exact) mass is 287 g/mol. The molecule has 0 bridgehead atoms. The van der Waals surface area contributed by atoms with Crippen LogP contribution in [0.3, 0.4) is 0 Å². The van der Waals surface area contributed by atoms with Gasteiger partial charge in [0.15, 0.2) is 0 Å². The summed E-state index contributed by atoms with van der Waals surface area (Å²) in [6, 6.07) is 6.58. The molecule has 20 heavy (non-hydrogen) atoms. The Labute approximate surface area is 116 Å². The van der Waals surface area contributed by atoms with Gasteiger partial charge >= 0.3 is 13.3 Å². The maximum absolute atomic E-state index is 12.7. The van der Waals surface area contributed by atoms with Gasteiger partial charge in [0.05, 0.1) is 5.92 Å². The predicted molar refractivity (Wildman–Crippen MR) is 70.3 cm³/mol. The van der Waals surface area contributed by atoms with Crippen LogP contribution in [0, 0.1) is 5.92 Å². The van der Waals surface area contributed by atoms with Crippen LogP contribution in [0.4, 0.5) is 13.2 Å². The van der Waals surface area contributed by atoms with E-state index in [1.165, 1.54) is 0 Å². The zero-order valence-corrected chi connectivity index (χ0v) is 11.0. The molecule has 1 heterocycles. The van der Waals surface area contributed by atoms with Crippen molar-refractivity contribution in [3.05, 3.63) is 29.8 Å². The van der Waals surface area contributed by atoms with Crippen molar-refractivity contribution in [3.8, 4) is 0 Å². The predicted octanol–water partition coefficient (Wildman–Crippen LogP) is 1.14. The molecular formula is C13H17BF3NO2. The summed E-state index contributed by atoms with van der Waals surface area (Å²) in [4.78, 5) is 1.80. The van der Waals surface area contributed by atoms with E-state index in [9.17, 15) is 13.2 Å². The molecule has 1 unspecified atom stereocenters. The highest BCUT2D eigenvalue weighted by atomic mass is 19.4. The fraction of sp³-hybridized carbons (Fsp3) is 0.538. The number of likely N-dealkylation sites (tertiary alicyclic amines) is 1. The lowest BCUT2D eigenvalue weighted by atomic mass is 9.80. The van der Waals surface area contributed by atoms with Crippen molar-refractivity contribution in [1.29, 1.82) is 0 Å². The third-order valence-electron chi connectivity index (χ3n) is 3.65. The molecule has 0 aromatic heterocycles. The Hall–Kier alpha value is -1.05. The molecule has 7 heteroatoms. The lowest BCUT2D eigenvalue weighted by Crippen LogP contribution is -2.41. The molecular weight excluding hydrogens is 270 g/mol. The summed E-state index contributed by atoms with van der Waals surface area (Å²) in [5.74, 6) is -1.24. The lowest BCUT2D eigenvalue weighted by Gasteiger charge is -2.33. The highest BCUT2D eigenvalue weighted by molar-refractivity contribution is 6.58. The van der Waals surface area contributed by atoms with Crippen LogP contribution in [0.5, 0.6) is 0 Å². The summed E-state index contributed by atoms with van der Waals surface area (Å²) in [5.41, 5.74) is 1.25. The molecule has 2 N–H and O–H groups in total. The molecule has 3 nitrogen and oxygen atoms in total. The van der Waals surface area contributed by atoms with Gasteiger partial charge in [-0.2, -0.15) is 13.2 Å². The van der Waals surface area contributed by atoms with Gasteiger partial charge in [-0.3, -0.25) is 4.90 Å². The standard InChI is InChI=1S/C13H17BF3NO2/c15-13(16,17)11-2-1-7-18(9-11)8-10-3-5-12(6-4-10)14(19)20/h3-6,11,19-20H,1-2,7-9H2. The van der Waals surface area contributed by atoms with Gasteiger partial charge in [-0.05, 0) is 30.4 Å². The molecule has 110 valence electrons. The number of nitrogens with zero attached hydrogens (tertiary/aromatic N) is 1. The van der Waals surface area contributed by atoms with Crippen LogP contribution in [0.2, 0.25) is 0 Å². The number of hydrogen-bond donors (Lipinski definition) is 2. The van der Waals surface area contributed by atoms with Crippen LogP contribution in [0.1, 0.15) is 18.4 Å². The summed E-state index contributed by atoms with van der Waals surface area (Å²) in [6.45, 7) is 1.15. The third-order valence-corrected chi connectivity index (χ3v) is 3.65. The van der Waals surface area contributed by atoms with Crippen LogP contribution < -0.4 is 5.46 Å². The Balaban J connectivity index is 1.96. The largest absolute Gasteiger partial charge is 0.488 e. The summed E-state index contributed by atoms with van der Waals surface area (Å²) < 4.78 is 38.1. The molecule has 0 saturated carbocycles. The fourth-order valence-corrected chi connectivity index (χ4v) is 2.52. The third kappa shape index (κ3) is 3.97. The minimum Gasteiger partial charge on any atom is -0.423 e. The average molecular weight is 287 g/mol. The first-order chi connectivity index (χ1) is 9.36. The van der Waals surface area contributed by atoms with Gasteiger partial charge in [0.2, 0.25) is 0 Å². The molecule has 1 aromatic carbocycles. The van der Waals surface area contributed by atoms with Crippen LogP contribution in [-0.2, 0) is 6.54 Å². The molecule has 2 rings (SSSR count). The first-order valence-electron chi connectivity index (χ1n) is 6.60. The van der Waals surface area contributed by atoms with E-state index < -0.39 is 19.2 Å². The van der Waals surface area contributed by atoms with Crippen LogP contribution >= 0.6 is 0 Å². The number of rotatable bonds is 3. The molecule has 1 atom stereocenters. The van der Waals surface area contributed by atoms with Gasteiger partial charge < -0.3 is 10.0 Å². The number of piperidine rings is 1. The Kier molecular flexibility index (Phi) is 4.72. The first-order valence-corrected chi connectivity index (χ1v) is 6.60. The average Bonchev–Trinajstić information content (AvgIpc) is 2.38. The van der Waals surface area contributed by atoms with Crippen molar-refractivity contribution in [2.45, 2.75) is 25.6 Å². The minimum absolute atomic E-state index is 0.0356. The number of halogens is 3. The van der Waals surface area contributed by atoms with Crippen LogP contribution in [0.15, 0.2) is 24.3 Å². The Morgan fingerprint density at radius 1 is 1.20 bits per heavy atom.